The molecule has 0 fully saturated rings. The van der Waals surface area contributed by atoms with Gasteiger partial charge in [0.25, 0.3) is 0 Å². The number of aliphatic hydroxyl groups is 4. The van der Waals surface area contributed by atoms with E-state index in [0.717, 1.165) is 0 Å². The van der Waals surface area contributed by atoms with Crippen molar-refractivity contribution in [1.29, 1.82) is 0 Å². The molecule has 0 bridgehead atoms. The fraction of sp³-hybridized carbons (Fsp3) is 1.00. The second-order valence-electron chi connectivity index (χ2n) is 4.02. The van der Waals surface area contributed by atoms with Crippen LogP contribution in [0.1, 0.15) is 26.7 Å². The van der Waals surface area contributed by atoms with Crippen LogP contribution in [0.25, 0.3) is 0 Å². The first-order chi connectivity index (χ1) is 5.95. The van der Waals surface area contributed by atoms with Crippen LogP contribution < -0.4 is 0 Å². The molecule has 80 valence electrons. The van der Waals surface area contributed by atoms with E-state index in [1.807, 2.05) is 0 Å². The molecule has 0 aliphatic heterocycles. The lowest BCUT2D eigenvalue weighted by Crippen LogP contribution is -2.41. The van der Waals surface area contributed by atoms with E-state index in [9.17, 15) is 10.2 Å². The van der Waals surface area contributed by atoms with E-state index in [0.29, 0.717) is 12.8 Å². The van der Waals surface area contributed by atoms with Gasteiger partial charge in [-0.1, -0.05) is 13.8 Å². The number of hydrogen-bond acceptors (Lipinski definition) is 4. The Morgan fingerprint density at radius 1 is 1.15 bits per heavy atom. The smallest absolute Gasteiger partial charge is 0.0871 e. The van der Waals surface area contributed by atoms with Gasteiger partial charge in [0.1, 0.15) is 0 Å². The summed E-state index contributed by atoms with van der Waals surface area (Å²) in [6, 6.07) is 0. The van der Waals surface area contributed by atoms with E-state index in [1.165, 1.54) is 0 Å². The van der Waals surface area contributed by atoms with E-state index in [-0.39, 0.29) is 13.2 Å². The van der Waals surface area contributed by atoms with Crippen LogP contribution in [0, 0.1) is 5.41 Å². The number of hydrogen-bond donors (Lipinski definition) is 4. The third kappa shape index (κ3) is 4.04. The molecule has 0 aliphatic carbocycles. The predicted molar refractivity (Wildman–Crippen MR) is 49.2 cm³/mol. The molecule has 0 rings (SSSR count). The van der Waals surface area contributed by atoms with Gasteiger partial charge in [0, 0.05) is 12.0 Å². The fourth-order valence-electron chi connectivity index (χ4n) is 1.07. The molecule has 4 N–H and O–H groups in total. The zero-order chi connectivity index (χ0) is 10.5. The van der Waals surface area contributed by atoms with Crippen LogP contribution in [0.15, 0.2) is 0 Å². The first-order valence-electron chi connectivity index (χ1n) is 4.53. The lowest BCUT2D eigenvalue weighted by molar-refractivity contribution is -0.0744. The van der Waals surface area contributed by atoms with Crippen molar-refractivity contribution in [3.63, 3.8) is 0 Å². The molecule has 4 heteroatoms. The zero-order valence-electron chi connectivity index (χ0n) is 8.27. The van der Waals surface area contributed by atoms with Gasteiger partial charge < -0.3 is 20.4 Å². The molecule has 13 heavy (non-hydrogen) atoms. The van der Waals surface area contributed by atoms with Crippen LogP contribution in [0.4, 0.5) is 0 Å². The Balaban J connectivity index is 4.00. The standard InChI is InChI=1S/C9H20O4/c1-9(2,6-11)8(13)7(12)4-3-5-10/h7-8,10-13H,3-6H2,1-2H3. The first kappa shape index (κ1) is 12.8. The summed E-state index contributed by atoms with van der Waals surface area (Å²) in [6.45, 7) is 3.19. The van der Waals surface area contributed by atoms with Crippen LogP contribution in [0.5, 0.6) is 0 Å². The molecule has 0 amide bonds. The van der Waals surface area contributed by atoms with Crippen molar-refractivity contribution in [2.45, 2.75) is 38.9 Å². The molecule has 0 heterocycles. The van der Waals surface area contributed by atoms with Gasteiger partial charge in [0.05, 0.1) is 18.8 Å². The van der Waals surface area contributed by atoms with Gasteiger partial charge in [-0.25, -0.2) is 0 Å². The molecule has 0 radical (unpaired) electrons. The van der Waals surface area contributed by atoms with Crippen molar-refractivity contribution in [3.8, 4) is 0 Å². The van der Waals surface area contributed by atoms with Gasteiger partial charge in [-0.15, -0.1) is 0 Å². The maximum Gasteiger partial charge on any atom is 0.0871 e. The lowest BCUT2D eigenvalue weighted by atomic mass is 9.83. The SMILES string of the molecule is CC(C)(CO)C(O)C(O)CCCO. The summed E-state index contributed by atoms with van der Waals surface area (Å²) in [4.78, 5) is 0. The fourth-order valence-corrected chi connectivity index (χ4v) is 1.07. The minimum Gasteiger partial charge on any atom is -0.396 e. The summed E-state index contributed by atoms with van der Waals surface area (Å²) in [5.74, 6) is 0. The Kier molecular flexibility index (Phi) is 5.48. The van der Waals surface area contributed by atoms with Crippen LogP contribution in [0.3, 0.4) is 0 Å². The average molecular weight is 192 g/mol. The predicted octanol–water partition coefficient (Wildman–Crippen LogP) is -0.501. The normalized spacial score (nSPS) is 17.1. The lowest BCUT2D eigenvalue weighted by Gasteiger charge is -2.31. The highest BCUT2D eigenvalue weighted by Crippen LogP contribution is 2.23. The largest absolute Gasteiger partial charge is 0.396 e. The summed E-state index contributed by atoms with van der Waals surface area (Å²) in [5.41, 5.74) is -0.700. The van der Waals surface area contributed by atoms with Gasteiger partial charge in [-0.2, -0.15) is 0 Å². The monoisotopic (exact) mass is 192 g/mol. The molecule has 0 aromatic carbocycles. The highest BCUT2D eigenvalue weighted by atomic mass is 16.3. The molecule has 2 unspecified atom stereocenters. The van der Waals surface area contributed by atoms with Gasteiger partial charge in [-0.3, -0.25) is 0 Å². The summed E-state index contributed by atoms with van der Waals surface area (Å²) in [6.07, 6.45) is -1.03. The molecular weight excluding hydrogens is 172 g/mol. The van der Waals surface area contributed by atoms with Crippen LogP contribution in [0.2, 0.25) is 0 Å². The van der Waals surface area contributed by atoms with Crippen LogP contribution in [-0.4, -0.2) is 45.8 Å². The molecule has 0 saturated carbocycles. The minimum atomic E-state index is -0.955. The van der Waals surface area contributed by atoms with Crippen molar-refractivity contribution in [2.75, 3.05) is 13.2 Å². The van der Waals surface area contributed by atoms with Crippen molar-refractivity contribution >= 4 is 0 Å². The summed E-state index contributed by atoms with van der Waals surface area (Å²) in [5, 5.41) is 36.5. The molecule has 4 nitrogen and oxygen atoms in total. The number of aliphatic hydroxyl groups excluding tert-OH is 4. The van der Waals surface area contributed by atoms with Gasteiger partial charge in [-0.05, 0) is 12.8 Å². The molecule has 0 aromatic rings. The minimum absolute atomic E-state index is 0.00331. The molecule has 2 atom stereocenters. The third-order valence-corrected chi connectivity index (χ3v) is 2.23. The molecular formula is C9H20O4. The highest BCUT2D eigenvalue weighted by molar-refractivity contribution is 4.82. The molecule has 0 spiro atoms. The average Bonchev–Trinajstić information content (AvgIpc) is 2.12. The van der Waals surface area contributed by atoms with Crippen molar-refractivity contribution in [1.82, 2.24) is 0 Å². The second-order valence-corrected chi connectivity index (χ2v) is 4.02. The van der Waals surface area contributed by atoms with E-state index in [4.69, 9.17) is 10.2 Å². The zero-order valence-corrected chi connectivity index (χ0v) is 8.27. The third-order valence-electron chi connectivity index (χ3n) is 2.23. The second kappa shape index (κ2) is 5.54. The van der Waals surface area contributed by atoms with E-state index >= 15 is 0 Å². The summed E-state index contributed by atoms with van der Waals surface area (Å²) in [7, 11) is 0. The Morgan fingerprint density at radius 3 is 2.08 bits per heavy atom. The first-order valence-corrected chi connectivity index (χ1v) is 4.53. The molecule has 0 aliphatic rings. The topological polar surface area (TPSA) is 80.9 Å². The Bertz CT molecular complexity index is 136. The summed E-state index contributed by atoms with van der Waals surface area (Å²) < 4.78 is 0. The van der Waals surface area contributed by atoms with Crippen molar-refractivity contribution < 1.29 is 20.4 Å². The van der Waals surface area contributed by atoms with Gasteiger partial charge in [0.2, 0.25) is 0 Å². The van der Waals surface area contributed by atoms with Crippen molar-refractivity contribution in [2.24, 2.45) is 5.41 Å². The van der Waals surface area contributed by atoms with Gasteiger partial charge >= 0.3 is 0 Å². The summed E-state index contributed by atoms with van der Waals surface area (Å²) >= 11 is 0. The maximum absolute atomic E-state index is 9.58. The van der Waals surface area contributed by atoms with E-state index in [1.54, 1.807) is 13.8 Å². The molecule has 0 saturated heterocycles. The maximum atomic E-state index is 9.58. The highest BCUT2D eigenvalue weighted by Gasteiger charge is 2.32. The van der Waals surface area contributed by atoms with Gasteiger partial charge in [0.15, 0.2) is 0 Å². The quantitative estimate of drug-likeness (QED) is 0.457. The van der Waals surface area contributed by atoms with Crippen LogP contribution in [-0.2, 0) is 0 Å². The Hall–Kier alpha value is -0.160. The molecule has 0 aromatic heterocycles. The van der Waals surface area contributed by atoms with Crippen LogP contribution >= 0.6 is 0 Å². The van der Waals surface area contributed by atoms with E-state index < -0.39 is 17.6 Å². The van der Waals surface area contributed by atoms with Crippen molar-refractivity contribution in [3.05, 3.63) is 0 Å². The van der Waals surface area contributed by atoms with E-state index in [2.05, 4.69) is 0 Å². The Labute approximate surface area is 78.8 Å². The number of rotatable bonds is 6. The Morgan fingerprint density at radius 2 is 1.69 bits per heavy atom.